The predicted octanol–water partition coefficient (Wildman–Crippen LogP) is 2.58. The lowest BCUT2D eigenvalue weighted by molar-refractivity contribution is -0.119. The normalized spacial score (nSPS) is 18.0. The third-order valence-corrected chi connectivity index (χ3v) is 3.93. The number of hydrogen-bond donors (Lipinski definition) is 1. The van der Waals surface area contributed by atoms with Crippen molar-refractivity contribution in [3.05, 3.63) is 36.1 Å². The van der Waals surface area contributed by atoms with E-state index in [1.54, 1.807) is 11.0 Å². The van der Waals surface area contributed by atoms with Crippen LogP contribution >= 0.6 is 12.4 Å². The summed E-state index contributed by atoms with van der Waals surface area (Å²) in [6, 6.07) is 9.33. The standard InChI is InChI=1S/C16H18N2O3.ClH/c17-15(19)8-11-4-3-7-18(10-11)16(20)14-9-12-5-1-2-6-13(12)21-14;/h1-2,5-6,9,11H,3-4,7-8,10H2,(H2,17,19);1H. The Labute approximate surface area is 134 Å². The second kappa shape index (κ2) is 6.83. The van der Waals surface area contributed by atoms with Crippen molar-refractivity contribution in [2.75, 3.05) is 13.1 Å². The summed E-state index contributed by atoms with van der Waals surface area (Å²) in [7, 11) is 0. The number of carbonyl (C=O) groups excluding carboxylic acids is 2. The van der Waals surface area contributed by atoms with Crippen LogP contribution in [0, 0.1) is 5.92 Å². The van der Waals surface area contributed by atoms with Crippen LogP contribution in [-0.2, 0) is 4.79 Å². The Morgan fingerprint density at radius 1 is 1.32 bits per heavy atom. The summed E-state index contributed by atoms with van der Waals surface area (Å²) in [6.07, 6.45) is 2.17. The molecule has 5 nitrogen and oxygen atoms in total. The van der Waals surface area contributed by atoms with Crippen LogP contribution in [0.3, 0.4) is 0 Å². The van der Waals surface area contributed by atoms with Gasteiger partial charge in [0.25, 0.3) is 5.91 Å². The van der Waals surface area contributed by atoms with E-state index in [1.807, 2.05) is 24.3 Å². The molecule has 1 aromatic heterocycles. The van der Waals surface area contributed by atoms with Crippen molar-refractivity contribution >= 4 is 35.2 Å². The second-order valence-corrected chi connectivity index (χ2v) is 5.58. The monoisotopic (exact) mass is 322 g/mol. The average Bonchev–Trinajstić information content (AvgIpc) is 2.90. The van der Waals surface area contributed by atoms with Crippen LogP contribution in [0.4, 0.5) is 0 Å². The maximum absolute atomic E-state index is 12.5. The van der Waals surface area contributed by atoms with Gasteiger partial charge >= 0.3 is 0 Å². The number of halogens is 1. The summed E-state index contributed by atoms with van der Waals surface area (Å²) < 4.78 is 5.62. The molecular weight excluding hydrogens is 304 g/mol. The molecule has 1 aromatic carbocycles. The lowest BCUT2D eigenvalue weighted by Gasteiger charge is -2.31. The molecule has 1 fully saturated rings. The van der Waals surface area contributed by atoms with E-state index in [1.165, 1.54) is 0 Å². The SMILES string of the molecule is Cl.NC(=O)CC1CCCN(C(=O)c2cc3ccccc3o2)C1. The highest BCUT2D eigenvalue weighted by atomic mass is 35.5. The highest BCUT2D eigenvalue weighted by Crippen LogP contribution is 2.24. The first-order valence-corrected chi connectivity index (χ1v) is 7.19. The van der Waals surface area contributed by atoms with Gasteiger partial charge in [-0.25, -0.2) is 0 Å². The highest BCUT2D eigenvalue weighted by molar-refractivity contribution is 5.96. The molecule has 2 heterocycles. The fourth-order valence-electron chi connectivity index (χ4n) is 2.94. The lowest BCUT2D eigenvalue weighted by atomic mass is 9.94. The topological polar surface area (TPSA) is 76.5 Å². The van der Waals surface area contributed by atoms with Gasteiger partial charge in [0.05, 0.1) is 0 Å². The van der Waals surface area contributed by atoms with Gasteiger partial charge in [-0.1, -0.05) is 18.2 Å². The van der Waals surface area contributed by atoms with Gasteiger partial charge in [0.2, 0.25) is 5.91 Å². The molecule has 6 heteroatoms. The quantitative estimate of drug-likeness (QED) is 0.943. The van der Waals surface area contributed by atoms with Crippen molar-refractivity contribution in [1.29, 1.82) is 0 Å². The van der Waals surface area contributed by atoms with Crippen LogP contribution in [0.15, 0.2) is 34.7 Å². The zero-order valence-electron chi connectivity index (χ0n) is 12.2. The number of nitrogens with zero attached hydrogens (tertiary/aromatic N) is 1. The van der Waals surface area contributed by atoms with Crippen LogP contribution in [0.25, 0.3) is 11.0 Å². The van der Waals surface area contributed by atoms with E-state index >= 15 is 0 Å². The molecule has 0 spiro atoms. The minimum atomic E-state index is -0.307. The Balaban J connectivity index is 0.00000176. The Hall–Kier alpha value is -2.01. The number of carbonyl (C=O) groups is 2. The number of fused-ring (bicyclic) bond motifs is 1. The van der Waals surface area contributed by atoms with Crippen LogP contribution in [0.1, 0.15) is 29.8 Å². The van der Waals surface area contributed by atoms with E-state index in [-0.39, 0.29) is 30.1 Å². The molecule has 3 rings (SSSR count). The van der Waals surface area contributed by atoms with Crippen LogP contribution in [0.2, 0.25) is 0 Å². The number of furan rings is 1. The Morgan fingerprint density at radius 2 is 2.09 bits per heavy atom. The minimum Gasteiger partial charge on any atom is -0.451 e. The number of piperidine rings is 1. The molecule has 22 heavy (non-hydrogen) atoms. The fourth-order valence-corrected chi connectivity index (χ4v) is 2.94. The van der Waals surface area contributed by atoms with Crippen molar-refractivity contribution < 1.29 is 14.0 Å². The van der Waals surface area contributed by atoms with Crippen LogP contribution in [-0.4, -0.2) is 29.8 Å². The van der Waals surface area contributed by atoms with Gasteiger partial charge in [0.1, 0.15) is 5.58 Å². The van der Waals surface area contributed by atoms with Crippen molar-refractivity contribution in [2.45, 2.75) is 19.3 Å². The Morgan fingerprint density at radius 3 is 2.82 bits per heavy atom. The number of rotatable bonds is 3. The molecule has 1 atom stereocenters. The maximum Gasteiger partial charge on any atom is 0.289 e. The zero-order chi connectivity index (χ0) is 14.8. The van der Waals surface area contributed by atoms with Crippen LogP contribution < -0.4 is 5.73 Å². The molecule has 0 aliphatic carbocycles. The number of para-hydroxylation sites is 1. The van der Waals surface area contributed by atoms with Gasteiger partial charge in [0.15, 0.2) is 5.76 Å². The number of primary amides is 1. The van der Waals surface area contributed by atoms with Crippen molar-refractivity contribution in [3.63, 3.8) is 0 Å². The predicted molar refractivity (Wildman–Crippen MR) is 85.9 cm³/mol. The van der Waals surface area contributed by atoms with E-state index in [9.17, 15) is 9.59 Å². The van der Waals surface area contributed by atoms with Crippen molar-refractivity contribution in [1.82, 2.24) is 4.90 Å². The van der Waals surface area contributed by atoms with E-state index in [4.69, 9.17) is 10.2 Å². The Bertz CT molecular complexity index is 650. The van der Waals surface area contributed by atoms with E-state index < -0.39 is 0 Å². The molecule has 2 amide bonds. The fraction of sp³-hybridized carbons (Fsp3) is 0.375. The Kier molecular flexibility index (Phi) is 5.08. The molecule has 1 unspecified atom stereocenters. The van der Waals surface area contributed by atoms with Crippen molar-refractivity contribution in [3.8, 4) is 0 Å². The highest BCUT2D eigenvalue weighted by Gasteiger charge is 2.27. The number of likely N-dealkylation sites (tertiary alicyclic amines) is 1. The molecule has 2 aromatic rings. The van der Waals surface area contributed by atoms with Gasteiger partial charge in [-0.2, -0.15) is 0 Å². The van der Waals surface area contributed by atoms with Gasteiger partial charge < -0.3 is 15.1 Å². The summed E-state index contributed by atoms with van der Waals surface area (Å²) in [5.41, 5.74) is 5.96. The molecule has 118 valence electrons. The van der Waals surface area contributed by atoms with Gasteiger partial charge in [-0.05, 0) is 30.9 Å². The summed E-state index contributed by atoms with van der Waals surface area (Å²) in [5, 5.41) is 0.923. The molecule has 0 bridgehead atoms. The molecule has 1 saturated heterocycles. The summed E-state index contributed by atoms with van der Waals surface area (Å²) in [4.78, 5) is 25.3. The minimum absolute atomic E-state index is 0. The molecule has 0 radical (unpaired) electrons. The maximum atomic E-state index is 12.5. The number of nitrogens with two attached hydrogens (primary N) is 1. The summed E-state index contributed by atoms with van der Waals surface area (Å²) in [5.74, 6) is 0.0962. The van der Waals surface area contributed by atoms with Gasteiger partial charge in [0, 0.05) is 24.9 Å². The van der Waals surface area contributed by atoms with Gasteiger partial charge in [-0.3, -0.25) is 9.59 Å². The number of hydrogen-bond acceptors (Lipinski definition) is 3. The van der Waals surface area contributed by atoms with Crippen LogP contribution in [0.5, 0.6) is 0 Å². The molecule has 1 aliphatic heterocycles. The van der Waals surface area contributed by atoms with Gasteiger partial charge in [-0.15, -0.1) is 12.4 Å². The number of benzene rings is 1. The molecule has 2 N–H and O–H groups in total. The largest absolute Gasteiger partial charge is 0.451 e. The van der Waals surface area contributed by atoms with E-state index in [2.05, 4.69) is 0 Å². The van der Waals surface area contributed by atoms with Crippen molar-refractivity contribution in [2.24, 2.45) is 11.7 Å². The number of amides is 2. The summed E-state index contributed by atoms with van der Waals surface area (Å²) in [6.45, 7) is 1.27. The molecule has 1 aliphatic rings. The first-order chi connectivity index (χ1) is 10.1. The lowest BCUT2D eigenvalue weighted by Crippen LogP contribution is -2.40. The summed E-state index contributed by atoms with van der Waals surface area (Å²) >= 11 is 0. The smallest absolute Gasteiger partial charge is 0.289 e. The zero-order valence-corrected chi connectivity index (χ0v) is 13.0. The average molecular weight is 323 g/mol. The first kappa shape index (κ1) is 16.4. The third-order valence-electron chi connectivity index (χ3n) is 3.93. The first-order valence-electron chi connectivity index (χ1n) is 7.19. The molecular formula is C16H19ClN2O3. The molecule has 0 saturated carbocycles. The third kappa shape index (κ3) is 3.42. The van der Waals surface area contributed by atoms with E-state index in [0.29, 0.717) is 30.9 Å². The van der Waals surface area contributed by atoms with E-state index in [0.717, 1.165) is 18.2 Å². The second-order valence-electron chi connectivity index (χ2n) is 5.58.